The SMILES string of the molecule is CSCC[C@@H](NC(=O)N(C)CC(=O)N(C)C)C(=O)O. The van der Waals surface area contributed by atoms with Crippen molar-refractivity contribution in [3.8, 4) is 0 Å². The fraction of sp³-hybridized carbons (Fsp3) is 0.727. The lowest BCUT2D eigenvalue weighted by atomic mass is 10.2. The number of aliphatic carboxylic acids is 1. The summed E-state index contributed by atoms with van der Waals surface area (Å²) in [5.74, 6) is -0.666. The number of urea groups is 1. The lowest BCUT2D eigenvalue weighted by molar-refractivity contribution is -0.139. The maximum atomic E-state index is 11.8. The summed E-state index contributed by atoms with van der Waals surface area (Å²) in [5.41, 5.74) is 0. The molecule has 0 bridgehead atoms. The summed E-state index contributed by atoms with van der Waals surface area (Å²) in [6.45, 7) is -0.0896. The summed E-state index contributed by atoms with van der Waals surface area (Å²) in [5, 5.41) is 11.4. The van der Waals surface area contributed by atoms with Gasteiger partial charge in [-0.2, -0.15) is 11.8 Å². The quantitative estimate of drug-likeness (QED) is 0.685. The van der Waals surface area contributed by atoms with E-state index in [0.29, 0.717) is 12.2 Å². The van der Waals surface area contributed by atoms with Gasteiger partial charge in [0.2, 0.25) is 5.91 Å². The summed E-state index contributed by atoms with van der Waals surface area (Å²) >= 11 is 1.51. The summed E-state index contributed by atoms with van der Waals surface area (Å²) in [7, 11) is 4.63. The number of amides is 3. The highest BCUT2D eigenvalue weighted by Crippen LogP contribution is 2.02. The van der Waals surface area contributed by atoms with Gasteiger partial charge in [0.25, 0.3) is 0 Å². The van der Waals surface area contributed by atoms with E-state index in [2.05, 4.69) is 5.32 Å². The van der Waals surface area contributed by atoms with Crippen molar-refractivity contribution in [2.24, 2.45) is 0 Å². The summed E-state index contributed by atoms with van der Waals surface area (Å²) in [6, 6.07) is -1.50. The normalized spacial score (nSPS) is 11.6. The smallest absolute Gasteiger partial charge is 0.326 e. The number of likely N-dealkylation sites (N-methyl/N-ethyl adjacent to an activating group) is 2. The molecule has 7 nitrogen and oxygen atoms in total. The van der Waals surface area contributed by atoms with Crippen molar-refractivity contribution in [2.45, 2.75) is 12.5 Å². The van der Waals surface area contributed by atoms with Crippen LogP contribution in [0.25, 0.3) is 0 Å². The molecule has 0 aliphatic carbocycles. The van der Waals surface area contributed by atoms with Gasteiger partial charge in [0.15, 0.2) is 0 Å². The Morgan fingerprint density at radius 1 is 1.26 bits per heavy atom. The van der Waals surface area contributed by atoms with Crippen molar-refractivity contribution >= 4 is 29.7 Å². The van der Waals surface area contributed by atoms with Crippen molar-refractivity contribution in [2.75, 3.05) is 39.7 Å². The summed E-state index contributed by atoms with van der Waals surface area (Å²) in [4.78, 5) is 36.7. The third kappa shape index (κ3) is 6.90. The number of carbonyl (C=O) groups excluding carboxylic acids is 2. The van der Waals surface area contributed by atoms with Gasteiger partial charge in [0.1, 0.15) is 12.6 Å². The van der Waals surface area contributed by atoms with E-state index in [1.165, 1.54) is 23.7 Å². The van der Waals surface area contributed by atoms with Crippen LogP contribution in [0.2, 0.25) is 0 Å². The average molecular weight is 291 g/mol. The number of thioether (sulfide) groups is 1. The molecule has 0 radical (unpaired) electrons. The molecule has 0 unspecified atom stereocenters. The van der Waals surface area contributed by atoms with E-state index >= 15 is 0 Å². The second-order valence-corrected chi connectivity index (χ2v) is 5.25. The van der Waals surface area contributed by atoms with Crippen molar-refractivity contribution < 1.29 is 19.5 Å². The van der Waals surface area contributed by atoms with Gasteiger partial charge >= 0.3 is 12.0 Å². The zero-order valence-corrected chi connectivity index (χ0v) is 12.5. The molecule has 0 aromatic carbocycles. The minimum absolute atomic E-state index is 0.0896. The molecule has 0 aliphatic heterocycles. The maximum Gasteiger partial charge on any atom is 0.326 e. The topological polar surface area (TPSA) is 90.0 Å². The molecule has 19 heavy (non-hydrogen) atoms. The van der Waals surface area contributed by atoms with Gasteiger partial charge < -0.3 is 20.2 Å². The summed E-state index contributed by atoms with van der Waals surface area (Å²) in [6.07, 6.45) is 2.21. The molecule has 0 fully saturated rings. The van der Waals surface area contributed by atoms with Gasteiger partial charge in [-0.15, -0.1) is 0 Å². The second-order valence-electron chi connectivity index (χ2n) is 4.27. The molecule has 0 heterocycles. The predicted molar refractivity (Wildman–Crippen MR) is 74.3 cm³/mol. The van der Waals surface area contributed by atoms with Gasteiger partial charge in [-0.25, -0.2) is 9.59 Å². The Morgan fingerprint density at radius 2 is 1.84 bits per heavy atom. The second kappa shape index (κ2) is 8.63. The van der Waals surface area contributed by atoms with Gasteiger partial charge in [-0.05, 0) is 18.4 Å². The molecule has 2 N–H and O–H groups in total. The monoisotopic (exact) mass is 291 g/mol. The van der Waals surface area contributed by atoms with Crippen LogP contribution >= 0.6 is 11.8 Å². The molecular formula is C11H21N3O4S. The van der Waals surface area contributed by atoms with Crippen LogP contribution in [0.1, 0.15) is 6.42 Å². The number of carbonyl (C=O) groups is 3. The van der Waals surface area contributed by atoms with Crippen LogP contribution < -0.4 is 5.32 Å². The Balaban J connectivity index is 4.38. The zero-order valence-electron chi connectivity index (χ0n) is 11.7. The fourth-order valence-electron chi connectivity index (χ4n) is 1.17. The number of carboxylic acids is 1. The molecule has 0 saturated heterocycles. The lowest BCUT2D eigenvalue weighted by Gasteiger charge is -2.22. The van der Waals surface area contributed by atoms with E-state index in [1.807, 2.05) is 6.26 Å². The minimum atomic E-state index is -1.07. The van der Waals surface area contributed by atoms with Crippen LogP contribution in [0, 0.1) is 0 Å². The van der Waals surface area contributed by atoms with E-state index in [0.717, 1.165) is 4.90 Å². The Bertz CT molecular complexity index is 336. The molecule has 0 saturated carbocycles. The molecule has 0 aromatic heterocycles. The van der Waals surface area contributed by atoms with Crippen molar-refractivity contribution in [1.82, 2.24) is 15.1 Å². The third-order valence-corrected chi connectivity index (χ3v) is 3.07. The molecule has 8 heteroatoms. The largest absolute Gasteiger partial charge is 0.480 e. The molecule has 0 rings (SSSR count). The number of nitrogens with one attached hydrogen (secondary N) is 1. The van der Waals surface area contributed by atoms with Gasteiger partial charge in [-0.1, -0.05) is 0 Å². The first-order chi connectivity index (χ1) is 8.79. The Kier molecular flexibility index (Phi) is 7.97. The van der Waals surface area contributed by atoms with Crippen LogP contribution in [0.5, 0.6) is 0 Å². The van der Waals surface area contributed by atoms with E-state index in [1.54, 1.807) is 14.1 Å². The van der Waals surface area contributed by atoms with Gasteiger partial charge in [-0.3, -0.25) is 4.79 Å². The Hall–Kier alpha value is -1.44. The molecule has 1 atom stereocenters. The average Bonchev–Trinajstić information content (AvgIpc) is 2.33. The van der Waals surface area contributed by atoms with Gasteiger partial charge in [0, 0.05) is 21.1 Å². The molecule has 0 spiro atoms. The fourth-order valence-corrected chi connectivity index (χ4v) is 1.64. The van der Waals surface area contributed by atoms with Crippen LogP contribution in [0.4, 0.5) is 4.79 Å². The van der Waals surface area contributed by atoms with Crippen LogP contribution in [0.15, 0.2) is 0 Å². The Morgan fingerprint density at radius 3 is 2.26 bits per heavy atom. The van der Waals surface area contributed by atoms with E-state index in [-0.39, 0.29) is 12.5 Å². The van der Waals surface area contributed by atoms with E-state index in [4.69, 9.17) is 5.11 Å². The minimum Gasteiger partial charge on any atom is -0.480 e. The third-order valence-electron chi connectivity index (χ3n) is 2.42. The number of hydrogen-bond donors (Lipinski definition) is 2. The number of carboxylic acid groups (broad SMARTS) is 1. The van der Waals surface area contributed by atoms with E-state index < -0.39 is 18.0 Å². The standard InChI is InChI=1S/C11H21N3O4S/c1-13(2)9(15)7-14(3)11(18)12-8(10(16)17)5-6-19-4/h8H,5-7H2,1-4H3,(H,12,18)(H,16,17)/t8-/m1/s1. The molecule has 3 amide bonds. The molecule has 110 valence electrons. The van der Waals surface area contributed by atoms with Gasteiger partial charge in [0.05, 0.1) is 0 Å². The van der Waals surface area contributed by atoms with Crippen molar-refractivity contribution in [3.63, 3.8) is 0 Å². The van der Waals surface area contributed by atoms with Crippen molar-refractivity contribution in [1.29, 1.82) is 0 Å². The summed E-state index contributed by atoms with van der Waals surface area (Å²) < 4.78 is 0. The van der Waals surface area contributed by atoms with Crippen LogP contribution in [-0.2, 0) is 9.59 Å². The number of hydrogen-bond acceptors (Lipinski definition) is 4. The lowest BCUT2D eigenvalue weighted by Crippen LogP contribution is -2.49. The molecule has 0 aromatic rings. The molecular weight excluding hydrogens is 270 g/mol. The highest BCUT2D eigenvalue weighted by atomic mass is 32.2. The first-order valence-electron chi connectivity index (χ1n) is 5.73. The maximum absolute atomic E-state index is 11.8. The first kappa shape index (κ1) is 17.6. The predicted octanol–water partition coefficient (Wildman–Crippen LogP) is -0.0777. The van der Waals surface area contributed by atoms with Crippen LogP contribution in [-0.4, -0.2) is 78.6 Å². The zero-order chi connectivity index (χ0) is 15.0. The first-order valence-corrected chi connectivity index (χ1v) is 7.12. The number of nitrogens with zero attached hydrogens (tertiary/aromatic N) is 2. The number of rotatable bonds is 7. The molecule has 0 aliphatic rings. The highest BCUT2D eigenvalue weighted by Gasteiger charge is 2.22. The Labute approximate surface area is 117 Å². The highest BCUT2D eigenvalue weighted by molar-refractivity contribution is 7.98. The van der Waals surface area contributed by atoms with Crippen molar-refractivity contribution in [3.05, 3.63) is 0 Å². The van der Waals surface area contributed by atoms with Crippen LogP contribution in [0.3, 0.4) is 0 Å². The van der Waals surface area contributed by atoms with E-state index in [9.17, 15) is 14.4 Å².